The predicted molar refractivity (Wildman–Crippen MR) is 85.5 cm³/mol. The second-order valence-corrected chi connectivity index (χ2v) is 5.29. The van der Waals surface area contributed by atoms with Crippen LogP contribution in [0.5, 0.6) is 0 Å². The Balaban J connectivity index is 2.43. The summed E-state index contributed by atoms with van der Waals surface area (Å²) in [4.78, 5) is 23.7. The lowest BCUT2D eigenvalue weighted by molar-refractivity contribution is -0.161. The number of aryl methyl sites for hydroxylation is 2. The number of benzene rings is 1. The van der Waals surface area contributed by atoms with E-state index in [9.17, 15) is 9.59 Å². The van der Waals surface area contributed by atoms with Crippen molar-refractivity contribution in [3.8, 4) is 0 Å². The lowest BCUT2D eigenvalue weighted by atomic mass is 9.99. The van der Waals surface area contributed by atoms with E-state index in [1.807, 2.05) is 0 Å². The molecule has 4 nitrogen and oxygen atoms in total. The molecule has 0 N–H and O–H groups in total. The van der Waals surface area contributed by atoms with Gasteiger partial charge in [-0.2, -0.15) is 0 Å². The van der Waals surface area contributed by atoms with Crippen LogP contribution in [0, 0.1) is 12.8 Å². The van der Waals surface area contributed by atoms with E-state index in [1.165, 1.54) is 11.1 Å². The second kappa shape index (κ2) is 9.98. The molecule has 1 aromatic rings. The molecule has 1 aromatic carbocycles. The van der Waals surface area contributed by atoms with Crippen LogP contribution in [-0.4, -0.2) is 25.2 Å². The Morgan fingerprint density at radius 3 is 2.00 bits per heavy atom. The normalized spacial score (nSPS) is 10.5. The van der Waals surface area contributed by atoms with Crippen molar-refractivity contribution in [1.82, 2.24) is 0 Å². The van der Waals surface area contributed by atoms with Crippen molar-refractivity contribution in [3.63, 3.8) is 0 Å². The molecular formula is C18H26O4. The monoisotopic (exact) mass is 306 g/mol. The molecule has 0 fully saturated rings. The summed E-state index contributed by atoms with van der Waals surface area (Å²) in [6.45, 7) is 6.08. The van der Waals surface area contributed by atoms with E-state index < -0.39 is 17.9 Å². The molecule has 0 amide bonds. The number of hydrogen-bond acceptors (Lipinski definition) is 4. The van der Waals surface area contributed by atoms with E-state index in [-0.39, 0.29) is 13.2 Å². The van der Waals surface area contributed by atoms with Gasteiger partial charge in [0.1, 0.15) is 0 Å². The first kappa shape index (κ1) is 18.2. The fraction of sp³-hybridized carbons (Fsp3) is 0.556. The van der Waals surface area contributed by atoms with Gasteiger partial charge in [0.05, 0.1) is 13.2 Å². The Morgan fingerprint density at radius 1 is 0.955 bits per heavy atom. The SMILES string of the molecule is CCOC(=O)C(CCCCc1ccc(C)cc1)C(=O)OCC. The lowest BCUT2D eigenvalue weighted by Crippen LogP contribution is -2.28. The molecule has 0 spiro atoms. The fourth-order valence-corrected chi connectivity index (χ4v) is 2.25. The summed E-state index contributed by atoms with van der Waals surface area (Å²) in [7, 11) is 0. The van der Waals surface area contributed by atoms with Crippen LogP contribution in [0.3, 0.4) is 0 Å². The Morgan fingerprint density at radius 2 is 1.50 bits per heavy atom. The maximum Gasteiger partial charge on any atom is 0.320 e. The molecule has 0 radical (unpaired) electrons. The Hall–Kier alpha value is -1.84. The van der Waals surface area contributed by atoms with Crippen LogP contribution in [0.15, 0.2) is 24.3 Å². The molecule has 122 valence electrons. The molecule has 0 saturated heterocycles. The number of carbonyl (C=O) groups excluding carboxylic acids is 2. The van der Waals surface area contributed by atoms with Crippen LogP contribution < -0.4 is 0 Å². The number of rotatable bonds is 9. The van der Waals surface area contributed by atoms with E-state index in [2.05, 4.69) is 31.2 Å². The van der Waals surface area contributed by atoms with Crippen molar-refractivity contribution in [1.29, 1.82) is 0 Å². The minimum absolute atomic E-state index is 0.276. The summed E-state index contributed by atoms with van der Waals surface area (Å²) in [5.74, 6) is -1.74. The van der Waals surface area contributed by atoms with Crippen molar-refractivity contribution in [2.24, 2.45) is 5.92 Å². The number of hydrogen-bond donors (Lipinski definition) is 0. The third-order valence-corrected chi connectivity index (χ3v) is 3.47. The van der Waals surface area contributed by atoms with Gasteiger partial charge in [-0.15, -0.1) is 0 Å². The van der Waals surface area contributed by atoms with Crippen LogP contribution in [-0.2, 0) is 25.5 Å². The van der Waals surface area contributed by atoms with Crippen LogP contribution in [0.1, 0.15) is 44.2 Å². The number of ether oxygens (including phenoxy) is 2. The third-order valence-electron chi connectivity index (χ3n) is 3.47. The number of esters is 2. The van der Waals surface area contributed by atoms with Crippen LogP contribution in [0.2, 0.25) is 0 Å². The first-order valence-electron chi connectivity index (χ1n) is 7.97. The number of unbranched alkanes of at least 4 members (excludes halogenated alkanes) is 1. The molecule has 0 saturated carbocycles. The molecule has 0 atom stereocenters. The van der Waals surface area contributed by atoms with Crippen molar-refractivity contribution in [2.45, 2.75) is 46.5 Å². The van der Waals surface area contributed by atoms with E-state index in [0.29, 0.717) is 6.42 Å². The lowest BCUT2D eigenvalue weighted by Gasteiger charge is -2.14. The Labute approximate surface area is 132 Å². The van der Waals surface area contributed by atoms with E-state index in [1.54, 1.807) is 13.8 Å². The molecule has 0 aliphatic carbocycles. The van der Waals surface area contributed by atoms with Gasteiger partial charge in [0.15, 0.2) is 5.92 Å². The molecule has 0 heterocycles. The van der Waals surface area contributed by atoms with E-state index in [4.69, 9.17) is 9.47 Å². The standard InChI is InChI=1S/C18H26O4/c1-4-21-17(19)16(18(20)22-5-2)9-7-6-8-15-12-10-14(3)11-13-15/h10-13,16H,4-9H2,1-3H3. The summed E-state index contributed by atoms with van der Waals surface area (Å²) >= 11 is 0. The molecular weight excluding hydrogens is 280 g/mol. The average molecular weight is 306 g/mol. The zero-order valence-corrected chi connectivity index (χ0v) is 13.8. The Bertz CT molecular complexity index is 446. The van der Waals surface area contributed by atoms with Gasteiger partial charge in [0, 0.05) is 0 Å². The van der Waals surface area contributed by atoms with Crippen molar-refractivity contribution >= 4 is 11.9 Å². The molecule has 0 unspecified atom stereocenters. The van der Waals surface area contributed by atoms with Gasteiger partial charge in [-0.05, 0) is 45.6 Å². The zero-order chi connectivity index (χ0) is 16.4. The topological polar surface area (TPSA) is 52.6 Å². The van der Waals surface area contributed by atoms with Crippen molar-refractivity contribution in [2.75, 3.05) is 13.2 Å². The van der Waals surface area contributed by atoms with Gasteiger partial charge in [-0.1, -0.05) is 36.2 Å². The van der Waals surface area contributed by atoms with Gasteiger partial charge in [-0.3, -0.25) is 9.59 Å². The van der Waals surface area contributed by atoms with E-state index in [0.717, 1.165) is 19.3 Å². The molecule has 4 heteroatoms. The van der Waals surface area contributed by atoms with Crippen LogP contribution in [0.4, 0.5) is 0 Å². The maximum atomic E-state index is 11.8. The van der Waals surface area contributed by atoms with Gasteiger partial charge in [0.25, 0.3) is 0 Å². The second-order valence-electron chi connectivity index (χ2n) is 5.29. The van der Waals surface area contributed by atoms with Gasteiger partial charge in [0.2, 0.25) is 0 Å². The van der Waals surface area contributed by atoms with Crippen LogP contribution in [0.25, 0.3) is 0 Å². The molecule has 0 aromatic heterocycles. The molecule has 1 rings (SSSR count). The van der Waals surface area contributed by atoms with Crippen molar-refractivity contribution < 1.29 is 19.1 Å². The first-order chi connectivity index (χ1) is 10.6. The number of carbonyl (C=O) groups is 2. The average Bonchev–Trinajstić information content (AvgIpc) is 2.49. The third kappa shape index (κ3) is 6.29. The molecule has 0 aliphatic rings. The summed E-state index contributed by atoms with van der Waals surface area (Å²) in [6, 6.07) is 8.41. The fourth-order valence-electron chi connectivity index (χ4n) is 2.25. The minimum Gasteiger partial charge on any atom is -0.465 e. The van der Waals surface area contributed by atoms with E-state index >= 15 is 0 Å². The molecule has 22 heavy (non-hydrogen) atoms. The largest absolute Gasteiger partial charge is 0.465 e. The summed E-state index contributed by atoms with van der Waals surface area (Å²) in [5, 5.41) is 0. The summed E-state index contributed by atoms with van der Waals surface area (Å²) in [6.07, 6.45) is 3.14. The zero-order valence-electron chi connectivity index (χ0n) is 13.8. The molecule has 0 aliphatic heterocycles. The van der Waals surface area contributed by atoms with Crippen LogP contribution >= 0.6 is 0 Å². The highest BCUT2D eigenvalue weighted by molar-refractivity contribution is 5.94. The quantitative estimate of drug-likeness (QED) is 0.398. The highest BCUT2D eigenvalue weighted by Gasteiger charge is 2.28. The first-order valence-corrected chi connectivity index (χ1v) is 7.97. The van der Waals surface area contributed by atoms with Gasteiger partial charge in [-0.25, -0.2) is 0 Å². The maximum absolute atomic E-state index is 11.8. The van der Waals surface area contributed by atoms with Gasteiger partial charge < -0.3 is 9.47 Å². The summed E-state index contributed by atoms with van der Waals surface area (Å²) in [5.41, 5.74) is 2.52. The minimum atomic E-state index is -0.794. The highest BCUT2D eigenvalue weighted by atomic mass is 16.6. The molecule has 0 bridgehead atoms. The smallest absolute Gasteiger partial charge is 0.320 e. The summed E-state index contributed by atoms with van der Waals surface area (Å²) < 4.78 is 9.92. The Kier molecular flexibility index (Phi) is 8.26. The van der Waals surface area contributed by atoms with Crippen molar-refractivity contribution in [3.05, 3.63) is 35.4 Å². The highest BCUT2D eigenvalue weighted by Crippen LogP contribution is 2.15. The predicted octanol–water partition coefficient (Wildman–Crippen LogP) is 3.45. The van der Waals surface area contributed by atoms with Gasteiger partial charge >= 0.3 is 11.9 Å².